The topological polar surface area (TPSA) is 80.5 Å². The summed E-state index contributed by atoms with van der Waals surface area (Å²) in [6, 6.07) is 2.36. The minimum Gasteiger partial charge on any atom is -0.328 e. The van der Waals surface area contributed by atoms with Gasteiger partial charge in [0.25, 0.3) is 0 Å². The van der Waals surface area contributed by atoms with Crippen LogP contribution in [0.1, 0.15) is 25.0 Å². The second-order valence-electron chi connectivity index (χ2n) is 8.36. The highest BCUT2D eigenvalue weighted by Crippen LogP contribution is 2.30. The van der Waals surface area contributed by atoms with Crippen molar-refractivity contribution in [3.8, 4) is 0 Å². The highest BCUT2D eigenvalue weighted by molar-refractivity contribution is 7.10. The van der Waals surface area contributed by atoms with Gasteiger partial charge in [0.05, 0.1) is 24.0 Å². The number of nitrogens with one attached hydrogen (secondary N) is 2. The number of aromatic nitrogens is 1. The van der Waals surface area contributed by atoms with Crippen LogP contribution >= 0.6 is 11.5 Å². The molecule has 5 rings (SSSR count). The molecule has 0 spiro atoms. The fourth-order valence-electron chi connectivity index (χ4n) is 4.52. The smallest absolute Gasteiger partial charge is 0.174 e. The van der Waals surface area contributed by atoms with Crippen molar-refractivity contribution in [3.63, 3.8) is 0 Å². The number of nitrogens with zero attached hydrogens (tertiary/aromatic N) is 6. The maximum Gasteiger partial charge on any atom is 0.174 e. The molecular formula is C20H28N8S. The Hall–Kier alpha value is -2.26. The molecule has 0 aliphatic carbocycles. The molecule has 0 saturated carbocycles. The molecule has 4 aliphatic rings. The lowest BCUT2D eigenvalue weighted by Gasteiger charge is -2.32. The van der Waals surface area contributed by atoms with E-state index in [9.17, 15) is 0 Å². The Morgan fingerprint density at radius 2 is 2.31 bits per heavy atom. The molecule has 29 heavy (non-hydrogen) atoms. The number of aryl methyl sites for hydroxylation is 1. The van der Waals surface area contributed by atoms with E-state index < -0.39 is 0 Å². The van der Waals surface area contributed by atoms with Crippen molar-refractivity contribution in [1.29, 1.82) is 0 Å². The molecule has 0 bridgehead atoms. The number of anilines is 1. The fraction of sp³-hybridized carbons (Fsp3) is 0.600. The molecule has 3 atom stereocenters. The monoisotopic (exact) mass is 412 g/mol. The van der Waals surface area contributed by atoms with E-state index in [-0.39, 0.29) is 0 Å². The first-order valence-corrected chi connectivity index (χ1v) is 11.2. The average Bonchev–Trinajstić information content (AvgIpc) is 3.43. The van der Waals surface area contributed by atoms with Gasteiger partial charge in [-0.1, -0.05) is 0 Å². The summed E-state index contributed by atoms with van der Waals surface area (Å²) >= 11 is 1.47. The predicted octanol–water partition coefficient (Wildman–Crippen LogP) is 2.14. The maximum absolute atomic E-state index is 5.00. The van der Waals surface area contributed by atoms with Crippen LogP contribution in [-0.2, 0) is 0 Å². The van der Waals surface area contributed by atoms with Crippen LogP contribution in [0.25, 0.3) is 0 Å². The molecule has 1 fully saturated rings. The molecule has 0 aromatic carbocycles. The first kappa shape index (κ1) is 18.7. The largest absolute Gasteiger partial charge is 0.328 e. The van der Waals surface area contributed by atoms with E-state index in [1.165, 1.54) is 24.4 Å². The first-order valence-electron chi connectivity index (χ1n) is 10.4. The summed E-state index contributed by atoms with van der Waals surface area (Å²) in [6.07, 6.45) is 7.82. The standard InChI is InChI=1S/C20H28N8S/c1-13-6-18(29-26-13)25-19-20-22-10-17(15-9-23-27(2)11-15)28(20)12-16(24-19)7-14-4-3-5-21-8-14/h6,9,12,14-15,17,21H,3-5,7-8,10-11H2,1-2H3,(H,24,25). The van der Waals surface area contributed by atoms with Gasteiger partial charge in [0, 0.05) is 31.9 Å². The Kier molecular flexibility index (Phi) is 5.09. The molecule has 5 heterocycles. The second kappa shape index (κ2) is 7.87. The van der Waals surface area contributed by atoms with E-state index in [0.29, 0.717) is 17.9 Å². The number of fused-ring (bicyclic) bond motifs is 1. The van der Waals surface area contributed by atoms with Gasteiger partial charge in [-0.2, -0.15) is 9.47 Å². The number of rotatable bonds is 4. The van der Waals surface area contributed by atoms with E-state index in [1.807, 2.05) is 19.0 Å². The molecule has 1 aromatic heterocycles. The Bertz CT molecular complexity index is 879. The molecule has 1 aromatic rings. The zero-order valence-corrected chi connectivity index (χ0v) is 17.8. The molecule has 154 valence electrons. The van der Waals surface area contributed by atoms with Gasteiger partial charge in [0.1, 0.15) is 5.00 Å². The van der Waals surface area contributed by atoms with Gasteiger partial charge in [-0.05, 0) is 62.8 Å². The molecule has 3 unspecified atom stereocenters. The normalized spacial score (nSPS) is 28.9. The third kappa shape index (κ3) is 3.93. The van der Waals surface area contributed by atoms with Gasteiger partial charge >= 0.3 is 0 Å². The fourth-order valence-corrected chi connectivity index (χ4v) is 5.18. The zero-order valence-electron chi connectivity index (χ0n) is 17.0. The van der Waals surface area contributed by atoms with E-state index in [0.717, 1.165) is 60.7 Å². The Morgan fingerprint density at radius 1 is 1.38 bits per heavy atom. The number of hydrazone groups is 1. The molecule has 9 heteroatoms. The van der Waals surface area contributed by atoms with Crippen molar-refractivity contribution in [2.75, 3.05) is 38.5 Å². The first-order chi connectivity index (χ1) is 14.2. The molecule has 2 N–H and O–H groups in total. The molecular weight excluding hydrogens is 384 g/mol. The highest BCUT2D eigenvalue weighted by Gasteiger charge is 2.38. The lowest BCUT2D eigenvalue weighted by Crippen LogP contribution is -2.45. The van der Waals surface area contributed by atoms with Crippen molar-refractivity contribution in [2.24, 2.45) is 26.9 Å². The Labute approximate surface area is 175 Å². The summed E-state index contributed by atoms with van der Waals surface area (Å²) in [4.78, 5) is 12.2. The lowest BCUT2D eigenvalue weighted by atomic mass is 9.94. The number of piperidine rings is 1. The molecule has 0 radical (unpaired) electrons. The summed E-state index contributed by atoms with van der Waals surface area (Å²) < 4.78 is 4.39. The van der Waals surface area contributed by atoms with E-state index in [1.54, 1.807) is 0 Å². The van der Waals surface area contributed by atoms with E-state index >= 15 is 0 Å². The van der Waals surface area contributed by atoms with Gasteiger partial charge in [-0.15, -0.1) is 0 Å². The van der Waals surface area contributed by atoms with Crippen molar-refractivity contribution in [1.82, 2.24) is 19.6 Å². The number of hydrogen-bond donors (Lipinski definition) is 2. The summed E-state index contributed by atoms with van der Waals surface area (Å²) in [5.41, 5.74) is 2.16. The van der Waals surface area contributed by atoms with Crippen molar-refractivity contribution in [3.05, 3.63) is 23.7 Å². The quantitative estimate of drug-likeness (QED) is 0.792. The zero-order chi connectivity index (χ0) is 19.8. The number of aliphatic imine (C=N–C) groups is 2. The Balaban J connectivity index is 1.40. The maximum atomic E-state index is 5.00. The predicted molar refractivity (Wildman–Crippen MR) is 119 cm³/mol. The van der Waals surface area contributed by atoms with E-state index in [2.05, 4.69) is 43.5 Å². The molecule has 8 nitrogen and oxygen atoms in total. The van der Waals surface area contributed by atoms with Crippen LogP contribution in [0.15, 0.2) is 33.0 Å². The van der Waals surface area contributed by atoms with Gasteiger partial charge < -0.3 is 15.5 Å². The molecule has 0 amide bonds. The van der Waals surface area contributed by atoms with Crippen LogP contribution in [0.3, 0.4) is 0 Å². The van der Waals surface area contributed by atoms with Crippen molar-refractivity contribution >= 4 is 34.4 Å². The van der Waals surface area contributed by atoms with Gasteiger partial charge in [0.2, 0.25) is 0 Å². The summed E-state index contributed by atoms with van der Waals surface area (Å²) in [7, 11) is 2.03. The van der Waals surface area contributed by atoms with Crippen LogP contribution in [0, 0.1) is 18.8 Å². The third-order valence-electron chi connectivity index (χ3n) is 5.98. The number of amidine groups is 2. The Morgan fingerprint density at radius 3 is 3.03 bits per heavy atom. The van der Waals surface area contributed by atoms with Crippen LogP contribution in [0.5, 0.6) is 0 Å². The summed E-state index contributed by atoms with van der Waals surface area (Å²) in [5.74, 6) is 2.81. The van der Waals surface area contributed by atoms with Gasteiger partial charge in [-0.3, -0.25) is 10.0 Å². The van der Waals surface area contributed by atoms with E-state index in [4.69, 9.17) is 9.98 Å². The lowest BCUT2D eigenvalue weighted by molar-refractivity contribution is 0.296. The van der Waals surface area contributed by atoms with Crippen LogP contribution < -0.4 is 10.6 Å². The number of hydrogen-bond acceptors (Lipinski definition) is 9. The van der Waals surface area contributed by atoms with Crippen LogP contribution in [0.4, 0.5) is 5.00 Å². The summed E-state index contributed by atoms with van der Waals surface area (Å²) in [6.45, 7) is 5.94. The highest BCUT2D eigenvalue weighted by atomic mass is 32.1. The van der Waals surface area contributed by atoms with Gasteiger partial charge in [0.15, 0.2) is 11.7 Å². The number of allylic oxidation sites excluding steroid dienone is 1. The third-order valence-corrected chi connectivity index (χ3v) is 6.77. The molecule has 1 saturated heterocycles. The molecule has 4 aliphatic heterocycles. The average molecular weight is 413 g/mol. The van der Waals surface area contributed by atoms with Crippen molar-refractivity contribution in [2.45, 2.75) is 32.2 Å². The van der Waals surface area contributed by atoms with Gasteiger partial charge in [-0.25, -0.2) is 4.99 Å². The second-order valence-corrected chi connectivity index (χ2v) is 9.17. The van der Waals surface area contributed by atoms with Crippen LogP contribution in [0.2, 0.25) is 0 Å². The summed E-state index contributed by atoms with van der Waals surface area (Å²) in [5, 5.41) is 14.5. The van der Waals surface area contributed by atoms with Crippen LogP contribution in [-0.4, -0.2) is 71.4 Å². The van der Waals surface area contributed by atoms with Crippen molar-refractivity contribution < 1.29 is 0 Å². The SMILES string of the molecule is Cc1cc(NC2=NC(CC3CCCNC3)=CN3C2=NCC3C2C=NN(C)C2)sn1. The minimum absolute atomic E-state index is 0.300. The minimum atomic E-state index is 0.300.